The monoisotopic (exact) mass is 461 g/mol. The zero-order chi connectivity index (χ0) is 23.4. The highest BCUT2D eigenvalue weighted by molar-refractivity contribution is 6.30. The normalized spacial score (nSPS) is 14.4. The van der Waals surface area contributed by atoms with Crippen LogP contribution < -0.4 is 15.4 Å². The van der Waals surface area contributed by atoms with Crippen LogP contribution in [0.15, 0.2) is 78.5 Å². The van der Waals surface area contributed by atoms with Gasteiger partial charge in [0, 0.05) is 10.7 Å². The molecule has 0 bridgehead atoms. The minimum absolute atomic E-state index is 0.0992. The number of anilines is 1. The molecule has 0 unspecified atom stereocenters. The van der Waals surface area contributed by atoms with E-state index in [2.05, 4.69) is 10.6 Å². The third kappa shape index (κ3) is 5.22. The van der Waals surface area contributed by atoms with E-state index in [1.807, 2.05) is 48.5 Å². The van der Waals surface area contributed by atoms with Crippen molar-refractivity contribution < 1.29 is 19.1 Å². The first-order valence-corrected chi connectivity index (χ1v) is 10.5. The van der Waals surface area contributed by atoms with Gasteiger partial charge in [0.2, 0.25) is 5.91 Å². The summed E-state index contributed by atoms with van der Waals surface area (Å²) >= 11 is 5.83. The summed E-state index contributed by atoms with van der Waals surface area (Å²) in [6.45, 7) is -0.408. The Morgan fingerprint density at radius 3 is 2.45 bits per heavy atom. The number of halogens is 1. The number of imide groups is 1. The molecule has 3 aromatic rings. The van der Waals surface area contributed by atoms with Crippen molar-refractivity contribution in [3.05, 3.63) is 89.1 Å². The average Bonchev–Trinajstić information content (AvgIpc) is 3.08. The van der Waals surface area contributed by atoms with Crippen LogP contribution >= 0.6 is 11.6 Å². The fourth-order valence-corrected chi connectivity index (χ4v) is 3.50. The van der Waals surface area contributed by atoms with Gasteiger partial charge in [-0.1, -0.05) is 41.9 Å². The first-order valence-electron chi connectivity index (χ1n) is 10.1. The van der Waals surface area contributed by atoms with Gasteiger partial charge in [-0.3, -0.25) is 9.59 Å². The van der Waals surface area contributed by atoms with Gasteiger partial charge in [-0.15, -0.1) is 0 Å². The second-order valence-electron chi connectivity index (χ2n) is 7.29. The highest BCUT2D eigenvalue weighted by atomic mass is 35.5. The van der Waals surface area contributed by atoms with E-state index >= 15 is 0 Å². The molecule has 1 aliphatic rings. The van der Waals surface area contributed by atoms with Crippen molar-refractivity contribution >= 4 is 41.2 Å². The predicted octanol–water partition coefficient (Wildman–Crippen LogP) is 4.55. The minimum atomic E-state index is -0.651. The molecule has 7 nitrogen and oxygen atoms in total. The van der Waals surface area contributed by atoms with E-state index in [-0.39, 0.29) is 5.70 Å². The molecule has 1 fully saturated rings. The van der Waals surface area contributed by atoms with Crippen LogP contribution in [0.5, 0.6) is 5.75 Å². The molecule has 8 heteroatoms. The molecule has 0 aromatic heterocycles. The molecule has 1 aliphatic heterocycles. The second kappa shape index (κ2) is 9.58. The molecule has 0 radical (unpaired) electrons. The Morgan fingerprint density at radius 2 is 1.73 bits per heavy atom. The highest BCUT2D eigenvalue weighted by Crippen LogP contribution is 2.25. The summed E-state index contributed by atoms with van der Waals surface area (Å²) in [5.74, 6) is -0.331. The van der Waals surface area contributed by atoms with Crippen molar-refractivity contribution in [1.82, 2.24) is 10.2 Å². The Hall–Kier alpha value is -4.10. The topological polar surface area (TPSA) is 87.7 Å². The zero-order valence-electron chi connectivity index (χ0n) is 17.7. The molecule has 0 spiro atoms. The smallest absolute Gasteiger partial charge is 0.329 e. The largest absolute Gasteiger partial charge is 0.497 e. The summed E-state index contributed by atoms with van der Waals surface area (Å²) in [6.07, 6.45) is 1.58. The number of carbonyl (C=O) groups is 3. The third-order valence-corrected chi connectivity index (χ3v) is 5.24. The van der Waals surface area contributed by atoms with E-state index < -0.39 is 24.4 Å². The molecular formula is C25H20ClN3O4. The van der Waals surface area contributed by atoms with Crippen molar-refractivity contribution in [3.8, 4) is 16.9 Å². The number of ether oxygens (including phenoxy) is 1. The third-order valence-electron chi connectivity index (χ3n) is 4.99. The predicted molar refractivity (Wildman–Crippen MR) is 127 cm³/mol. The first kappa shape index (κ1) is 22.1. The van der Waals surface area contributed by atoms with E-state index in [9.17, 15) is 14.4 Å². The fourth-order valence-electron chi connectivity index (χ4n) is 3.37. The molecule has 0 aliphatic carbocycles. The highest BCUT2D eigenvalue weighted by Gasteiger charge is 2.34. The van der Waals surface area contributed by atoms with Gasteiger partial charge in [-0.2, -0.15) is 0 Å². The number of benzene rings is 3. The van der Waals surface area contributed by atoms with Gasteiger partial charge in [-0.05, 0) is 65.2 Å². The molecule has 166 valence electrons. The van der Waals surface area contributed by atoms with Gasteiger partial charge in [-0.25, -0.2) is 9.69 Å². The molecule has 0 saturated carbocycles. The van der Waals surface area contributed by atoms with Crippen LogP contribution in [0, 0.1) is 0 Å². The zero-order valence-corrected chi connectivity index (χ0v) is 18.4. The van der Waals surface area contributed by atoms with E-state index in [1.54, 1.807) is 37.5 Å². The van der Waals surface area contributed by atoms with Crippen LogP contribution in [-0.4, -0.2) is 36.4 Å². The van der Waals surface area contributed by atoms with Crippen LogP contribution in [0.4, 0.5) is 10.5 Å². The Kier molecular flexibility index (Phi) is 6.42. The quantitative estimate of drug-likeness (QED) is 0.416. The molecule has 4 amide bonds. The maximum Gasteiger partial charge on any atom is 0.329 e. The minimum Gasteiger partial charge on any atom is -0.497 e. The summed E-state index contributed by atoms with van der Waals surface area (Å²) in [7, 11) is 1.61. The van der Waals surface area contributed by atoms with Gasteiger partial charge >= 0.3 is 6.03 Å². The van der Waals surface area contributed by atoms with E-state index in [4.69, 9.17) is 16.3 Å². The summed E-state index contributed by atoms with van der Waals surface area (Å²) < 4.78 is 5.28. The second-order valence-corrected chi connectivity index (χ2v) is 7.73. The molecule has 4 rings (SSSR count). The van der Waals surface area contributed by atoms with Gasteiger partial charge in [0.1, 0.15) is 18.0 Å². The number of hydrogen-bond acceptors (Lipinski definition) is 4. The molecular weight excluding hydrogens is 442 g/mol. The summed E-state index contributed by atoms with van der Waals surface area (Å²) in [4.78, 5) is 38.2. The van der Waals surface area contributed by atoms with Gasteiger partial charge < -0.3 is 15.4 Å². The Labute approximate surface area is 195 Å². The number of methoxy groups -OCH3 is 1. The molecule has 1 saturated heterocycles. The van der Waals surface area contributed by atoms with Crippen LogP contribution in [0.3, 0.4) is 0 Å². The van der Waals surface area contributed by atoms with Gasteiger partial charge in [0.05, 0.1) is 7.11 Å². The maximum atomic E-state index is 12.8. The van der Waals surface area contributed by atoms with Crippen molar-refractivity contribution in [3.63, 3.8) is 0 Å². The Balaban J connectivity index is 1.48. The first-order chi connectivity index (χ1) is 15.9. The molecule has 2 N–H and O–H groups in total. The lowest BCUT2D eigenvalue weighted by Gasteiger charge is -2.12. The van der Waals surface area contributed by atoms with Crippen LogP contribution in [0.25, 0.3) is 17.2 Å². The van der Waals surface area contributed by atoms with Crippen LogP contribution in [0.2, 0.25) is 5.02 Å². The summed E-state index contributed by atoms with van der Waals surface area (Å²) in [5.41, 5.74) is 3.23. The lowest BCUT2D eigenvalue weighted by molar-refractivity contribution is -0.127. The average molecular weight is 462 g/mol. The standard InChI is InChI=1S/C25H20ClN3O4/c1-33-21-7-3-6-18(14-21)17-5-2-4-16(12-17)13-22-24(31)29(25(32)28-22)15-23(30)27-20-10-8-19(26)9-11-20/h2-14H,15H2,1H3,(H,27,30)(H,28,32)/b22-13-. The summed E-state index contributed by atoms with van der Waals surface area (Å²) in [5, 5.41) is 5.71. The molecule has 3 aromatic carbocycles. The van der Waals surface area contributed by atoms with E-state index in [0.717, 1.165) is 27.3 Å². The maximum absolute atomic E-state index is 12.8. The summed E-state index contributed by atoms with van der Waals surface area (Å²) in [6, 6.07) is 21.0. The molecule has 1 heterocycles. The number of urea groups is 1. The number of rotatable bonds is 6. The lowest BCUT2D eigenvalue weighted by atomic mass is 10.0. The van der Waals surface area contributed by atoms with Gasteiger partial charge in [0.15, 0.2) is 0 Å². The molecule has 0 atom stereocenters. The Bertz CT molecular complexity index is 1250. The van der Waals surface area contributed by atoms with E-state index in [0.29, 0.717) is 10.7 Å². The lowest BCUT2D eigenvalue weighted by Crippen LogP contribution is -2.38. The fraction of sp³-hybridized carbons (Fsp3) is 0.0800. The number of carbonyl (C=O) groups excluding carboxylic acids is 3. The van der Waals surface area contributed by atoms with Crippen molar-refractivity contribution in [2.75, 3.05) is 19.0 Å². The van der Waals surface area contributed by atoms with Crippen molar-refractivity contribution in [2.24, 2.45) is 0 Å². The number of nitrogens with zero attached hydrogens (tertiary/aromatic N) is 1. The Morgan fingerprint density at radius 1 is 1.03 bits per heavy atom. The van der Waals surface area contributed by atoms with Crippen LogP contribution in [0.1, 0.15) is 5.56 Å². The number of amides is 4. The van der Waals surface area contributed by atoms with E-state index in [1.165, 1.54) is 0 Å². The van der Waals surface area contributed by atoms with Crippen molar-refractivity contribution in [2.45, 2.75) is 0 Å². The number of nitrogens with one attached hydrogen (secondary N) is 2. The van der Waals surface area contributed by atoms with Crippen LogP contribution in [-0.2, 0) is 9.59 Å². The SMILES string of the molecule is COc1cccc(-c2cccc(/C=C3\NC(=O)N(CC(=O)Nc4ccc(Cl)cc4)C3=O)c2)c1. The number of hydrogen-bond donors (Lipinski definition) is 2. The molecule has 33 heavy (non-hydrogen) atoms. The van der Waals surface area contributed by atoms with Crippen molar-refractivity contribution in [1.29, 1.82) is 0 Å². The van der Waals surface area contributed by atoms with Gasteiger partial charge in [0.25, 0.3) is 5.91 Å².